The molecule has 0 aromatic carbocycles. The van der Waals surface area contributed by atoms with Gasteiger partial charge in [0.1, 0.15) is 5.01 Å². The lowest BCUT2D eigenvalue weighted by Crippen LogP contribution is -2.41. The van der Waals surface area contributed by atoms with Crippen LogP contribution in [0, 0.1) is 0 Å². The molecule has 1 rings (SSSR count). The van der Waals surface area contributed by atoms with E-state index in [-0.39, 0.29) is 17.3 Å². The van der Waals surface area contributed by atoms with Crippen molar-refractivity contribution >= 4 is 17.2 Å². The molecule has 108 valence electrons. The number of hydrogen-bond acceptors (Lipinski definition) is 4. The maximum absolute atomic E-state index is 12.5. The number of thiazole rings is 1. The molecular weight excluding hydrogens is 279 g/mol. The maximum atomic E-state index is 12.5. The predicted octanol–water partition coefficient (Wildman–Crippen LogP) is 2.12. The SMILES string of the molecule is CNCCC(=O)NC(C)(C)c1nc(C(F)(F)F)cs1. The summed E-state index contributed by atoms with van der Waals surface area (Å²) < 4.78 is 37.4. The maximum Gasteiger partial charge on any atom is 0.434 e. The molecule has 1 aromatic rings. The zero-order valence-electron chi connectivity index (χ0n) is 10.9. The van der Waals surface area contributed by atoms with E-state index in [4.69, 9.17) is 0 Å². The summed E-state index contributed by atoms with van der Waals surface area (Å²) in [4.78, 5) is 15.1. The lowest BCUT2D eigenvalue weighted by Gasteiger charge is -2.23. The van der Waals surface area contributed by atoms with Crippen LogP contribution in [-0.2, 0) is 16.5 Å². The zero-order chi connectivity index (χ0) is 14.7. The largest absolute Gasteiger partial charge is 0.434 e. The van der Waals surface area contributed by atoms with Crippen LogP contribution in [-0.4, -0.2) is 24.5 Å². The first-order valence-corrected chi connectivity index (χ1v) is 6.53. The fourth-order valence-corrected chi connectivity index (χ4v) is 2.30. The number of hydrogen-bond donors (Lipinski definition) is 2. The predicted molar refractivity (Wildman–Crippen MR) is 66.8 cm³/mol. The molecule has 0 saturated carbocycles. The van der Waals surface area contributed by atoms with Gasteiger partial charge >= 0.3 is 6.18 Å². The molecule has 1 amide bonds. The molecule has 0 aliphatic heterocycles. The second kappa shape index (κ2) is 5.87. The summed E-state index contributed by atoms with van der Waals surface area (Å²) in [6.45, 7) is 3.76. The summed E-state index contributed by atoms with van der Waals surface area (Å²) >= 11 is 0.888. The van der Waals surface area contributed by atoms with Gasteiger partial charge in [0.2, 0.25) is 5.91 Å². The van der Waals surface area contributed by atoms with Crippen molar-refractivity contribution in [3.8, 4) is 0 Å². The van der Waals surface area contributed by atoms with E-state index in [9.17, 15) is 18.0 Å². The van der Waals surface area contributed by atoms with Crippen LogP contribution in [0.4, 0.5) is 13.2 Å². The van der Waals surface area contributed by atoms with Crippen LogP contribution < -0.4 is 10.6 Å². The van der Waals surface area contributed by atoms with Crippen LogP contribution in [0.25, 0.3) is 0 Å². The molecule has 1 heterocycles. The van der Waals surface area contributed by atoms with Gasteiger partial charge in [-0.05, 0) is 20.9 Å². The van der Waals surface area contributed by atoms with Crippen molar-refractivity contribution in [2.75, 3.05) is 13.6 Å². The highest BCUT2D eigenvalue weighted by molar-refractivity contribution is 7.09. The van der Waals surface area contributed by atoms with Crippen molar-refractivity contribution < 1.29 is 18.0 Å². The van der Waals surface area contributed by atoms with Gasteiger partial charge in [0.25, 0.3) is 0 Å². The molecule has 0 aliphatic carbocycles. The third-order valence-electron chi connectivity index (χ3n) is 2.38. The van der Waals surface area contributed by atoms with Gasteiger partial charge in [0.15, 0.2) is 5.69 Å². The van der Waals surface area contributed by atoms with Crippen LogP contribution in [0.3, 0.4) is 0 Å². The lowest BCUT2D eigenvalue weighted by atomic mass is 10.1. The van der Waals surface area contributed by atoms with E-state index in [1.807, 2.05) is 0 Å². The van der Waals surface area contributed by atoms with Crippen LogP contribution in [0.1, 0.15) is 31.0 Å². The summed E-state index contributed by atoms with van der Waals surface area (Å²) in [5, 5.41) is 6.69. The molecule has 0 unspecified atom stereocenters. The van der Waals surface area contributed by atoms with Crippen molar-refractivity contribution in [1.82, 2.24) is 15.6 Å². The minimum absolute atomic E-state index is 0.233. The molecule has 8 heteroatoms. The van der Waals surface area contributed by atoms with Gasteiger partial charge in [-0.1, -0.05) is 0 Å². The van der Waals surface area contributed by atoms with E-state index in [0.717, 1.165) is 16.7 Å². The molecule has 19 heavy (non-hydrogen) atoms. The highest BCUT2D eigenvalue weighted by atomic mass is 32.1. The Morgan fingerprint density at radius 2 is 2.05 bits per heavy atom. The highest BCUT2D eigenvalue weighted by Crippen LogP contribution is 2.33. The molecule has 1 aromatic heterocycles. The number of halogens is 3. The number of amides is 1. The van der Waals surface area contributed by atoms with Gasteiger partial charge in [-0.2, -0.15) is 13.2 Å². The number of carbonyl (C=O) groups excluding carboxylic acids is 1. The zero-order valence-corrected chi connectivity index (χ0v) is 11.7. The molecule has 0 bridgehead atoms. The van der Waals surface area contributed by atoms with Crippen LogP contribution >= 0.6 is 11.3 Å². The average molecular weight is 295 g/mol. The Balaban J connectivity index is 2.77. The Labute approximate surface area is 113 Å². The quantitative estimate of drug-likeness (QED) is 0.875. The Morgan fingerprint density at radius 1 is 1.42 bits per heavy atom. The van der Waals surface area contributed by atoms with Crippen LogP contribution in [0.5, 0.6) is 0 Å². The number of rotatable bonds is 5. The number of nitrogens with zero attached hydrogens (tertiary/aromatic N) is 1. The number of nitrogens with one attached hydrogen (secondary N) is 2. The highest BCUT2D eigenvalue weighted by Gasteiger charge is 2.36. The fourth-order valence-electron chi connectivity index (χ4n) is 1.39. The van der Waals surface area contributed by atoms with Crippen molar-refractivity contribution in [3.63, 3.8) is 0 Å². The number of aromatic nitrogens is 1. The summed E-state index contributed by atoms with van der Waals surface area (Å²) in [6, 6.07) is 0. The first kappa shape index (κ1) is 15.9. The van der Waals surface area contributed by atoms with Crippen molar-refractivity contribution in [2.45, 2.75) is 32.0 Å². The molecular formula is C11H16F3N3OS. The first-order valence-electron chi connectivity index (χ1n) is 5.65. The smallest absolute Gasteiger partial charge is 0.345 e. The third kappa shape index (κ3) is 4.46. The minimum Gasteiger partial charge on any atom is -0.345 e. The molecule has 0 spiro atoms. The van der Waals surface area contributed by atoms with E-state index in [2.05, 4.69) is 15.6 Å². The van der Waals surface area contributed by atoms with Gasteiger partial charge < -0.3 is 10.6 Å². The molecule has 0 aliphatic rings. The van der Waals surface area contributed by atoms with Crippen molar-refractivity contribution in [3.05, 3.63) is 16.1 Å². The van der Waals surface area contributed by atoms with E-state index >= 15 is 0 Å². The minimum atomic E-state index is -4.46. The second-order valence-corrected chi connectivity index (χ2v) is 5.42. The van der Waals surface area contributed by atoms with E-state index < -0.39 is 17.4 Å². The molecule has 0 saturated heterocycles. The molecule has 2 N–H and O–H groups in total. The summed E-state index contributed by atoms with van der Waals surface area (Å²) in [5.41, 5.74) is -1.84. The Kier molecular flexibility index (Phi) is 4.92. The second-order valence-electron chi connectivity index (χ2n) is 4.56. The average Bonchev–Trinajstić information content (AvgIpc) is 2.75. The normalized spacial score (nSPS) is 12.5. The van der Waals surface area contributed by atoms with Gasteiger partial charge in [-0.15, -0.1) is 11.3 Å². The van der Waals surface area contributed by atoms with Gasteiger partial charge in [-0.25, -0.2) is 4.98 Å². The molecule has 0 radical (unpaired) electrons. The first-order chi connectivity index (χ1) is 8.66. The Hall–Kier alpha value is -1.15. The van der Waals surface area contributed by atoms with Crippen molar-refractivity contribution in [2.24, 2.45) is 0 Å². The standard InChI is InChI=1S/C11H16F3N3OS/c1-10(2,17-8(18)4-5-15-3)9-16-7(6-19-9)11(12,13)14/h6,15H,4-5H2,1-3H3,(H,17,18). The monoisotopic (exact) mass is 295 g/mol. The number of carbonyl (C=O) groups is 1. The van der Waals surface area contributed by atoms with E-state index in [1.165, 1.54) is 0 Å². The lowest BCUT2D eigenvalue weighted by molar-refractivity contribution is -0.140. The fraction of sp³-hybridized carbons (Fsp3) is 0.636. The van der Waals surface area contributed by atoms with Gasteiger partial charge in [0.05, 0.1) is 5.54 Å². The summed E-state index contributed by atoms with van der Waals surface area (Å²) in [6.07, 6.45) is -4.20. The number of alkyl halides is 3. The van der Waals surface area contributed by atoms with Crippen LogP contribution in [0.15, 0.2) is 5.38 Å². The molecule has 4 nitrogen and oxygen atoms in total. The summed E-state index contributed by atoms with van der Waals surface area (Å²) in [7, 11) is 1.72. The Bertz CT molecular complexity index is 443. The van der Waals surface area contributed by atoms with E-state index in [0.29, 0.717) is 6.54 Å². The van der Waals surface area contributed by atoms with Crippen molar-refractivity contribution in [1.29, 1.82) is 0 Å². The topological polar surface area (TPSA) is 54.0 Å². The molecule has 0 atom stereocenters. The van der Waals surface area contributed by atoms with Gasteiger partial charge in [-0.3, -0.25) is 4.79 Å². The third-order valence-corrected chi connectivity index (χ3v) is 3.55. The van der Waals surface area contributed by atoms with E-state index in [1.54, 1.807) is 20.9 Å². The van der Waals surface area contributed by atoms with Gasteiger partial charge in [0, 0.05) is 18.3 Å². The Morgan fingerprint density at radius 3 is 2.53 bits per heavy atom. The molecule has 0 fully saturated rings. The van der Waals surface area contributed by atoms with Crippen LogP contribution in [0.2, 0.25) is 0 Å². The summed E-state index contributed by atoms with van der Waals surface area (Å²) in [5.74, 6) is -0.233.